The first-order valence-electron chi connectivity index (χ1n) is 4.27. The highest BCUT2D eigenvalue weighted by Crippen LogP contribution is 1.91. The second-order valence-electron chi connectivity index (χ2n) is 2.93. The molecule has 4 N–H and O–H groups in total. The second kappa shape index (κ2) is 6.42. The van der Waals surface area contributed by atoms with Gasteiger partial charge in [-0.15, -0.1) is 0 Å². The number of nitrogens with two attached hydrogens (primary N) is 1. The summed E-state index contributed by atoms with van der Waals surface area (Å²) in [5.74, 6) is -1.17. The Morgan fingerprint density at radius 1 is 1.54 bits per heavy atom. The van der Waals surface area contributed by atoms with Crippen LogP contribution in [0.4, 0.5) is 0 Å². The summed E-state index contributed by atoms with van der Waals surface area (Å²) in [6, 6.07) is 0. The standard InChI is InChI=1S/C8H16N2O3/c1-6(5-9)8(13)10-4-2-3-7(11)12/h6H,2-5,9H2,1H3,(H,10,13)(H,11,12). The molecule has 13 heavy (non-hydrogen) atoms. The van der Waals surface area contributed by atoms with Gasteiger partial charge >= 0.3 is 5.97 Å². The van der Waals surface area contributed by atoms with E-state index in [4.69, 9.17) is 10.8 Å². The smallest absolute Gasteiger partial charge is 0.303 e. The van der Waals surface area contributed by atoms with Crippen LogP contribution in [-0.4, -0.2) is 30.1 Å². The second-order valence-corrected chi connectivity index (χ2v) is 2.93. The van der Waals surface area contributed by atoms with Crippen molar-refractivity contribution in [2.24, 2.45) is 11.7 Å². The van der Waals surface area contributed by atoms with Crippen molar-refractivity contribution in [1.29, 1.82) is 0 Å². The number of amides is 1. The first-order valence-corrected chi connectivity index (χ1v) is 4.27. The Morgan fingerprint density at radius 2 is 2.15 bits per heavy atom. The Labute approximate surface area is 77.3 Å². The molecule has 0 heterocycles. The van der Waals surface area contributed by atoms with Crippen molar-refractivity contribution in [3.05, 3.63) is 0 Å². The van der Waals surface area contributed by atoms with Crippen molar-refractivity contribution in [3.63, 3.8) is 0 Å². The molecule has 0 aromatic carbocycles. The van der Waals surface area contributed by atoms with Gasteiger partial charge in [-0.3, -0.25) is 9.59 Å². The van der Waals surface area contributed by atoms with Crippen molar-refractivity contribution >= 4 is 11.9 Å². The predicted octanol–water partition coefficient (Wildman–Crippen LogP) is -0.438. The van der Waals surface area contributed by atoms with Crippen LogP contribution in [0.1, 0.15) is 19.8 Å². The average molecular weight is 188 g/mol. The fourth-order valence-electron chi connectivity index (χ4n) is 0.732. The van der Waals surface area contributed by atoms with E-state index in [2.05, 4.69) is 5.32 Å². The van der Waals surface area contributed by atoms with E-state index in [0.717, 1.165) is 0 Å². The number of nitrogens with one attached hydrogen (secondary N) is 1. The van der Waals surface area contributed by atoms with Crippen LogP contribution in [0, 0.1) is 5.92 Å². The zero-order chi connectivity index (χ0) is 10.3. The normalized spacial score (nSPS) is 12.2. The number of aliphatic carboxylic acids is 1. The number of carbonyl (C=O) groups excluding carboxylic acids is 1. The average Bonchev–Trinajstić information content (AvgIpc) is 2.10. The Hall–Kier alpha value is -1.10. The minimum absolute atomic E-state index is 0.0806. The van der Waals surface area contributed by atoms with Crippen LogP contribution in [0.2, 0.25) is 0 Å². The summed E-state index contributed by atoms with van der Waals surface area (Å²) in [6.07, 6.45) is 0.537. The van der Waals surface area contributed by atoms with E-state index in [-0.39, 0.29) is 18.2 Å². The highest BCUT2D eigenvalue weighted by atomic mass is 16.4. The summed E-state index contributed by atoms with van der Waals surface area (Å²) < 4.78 is 0. The zero-order valence-corrected chi connectivity index (χ0v) is 7.75. The minimum atomic E-state index is -0.846. The van der Waals surface area contributed by atoms with Crippen molar-refractivity contribution in [2.45, 2.75) is 19.8 Å². The number of hydrogen-bond acceptors (Lipinski definition) is 3. The molecule has 5 nitrogen and oxygen atoms in total. The number of carbonyl (C=O) groups is 2. The molecule has 0 aromatic rings. The molecular weight excluding hydrogens is 172 g/mol. The van der Waals surface area contributed by atoms with E-state index in [1.807, 2.05) is 0 Å². The van der Waals surface area contributed by atoms with Crippen molar-refractivity contribution in [3.8, 4) is 0 Å². The zero-order valence-electron chi connectivity index (χ0n) is 7.75. The Morgan fingerprint density at radius 3 is 2.62 bits per heavy atom. The van der Waals surface area contributed by atoms with E-state index >= 15 is 0 Å². The Bertz CT molecular complexity index is 182. The van der Waals surface area contributed by atoms with Gasteiger partial charge < -0.3 is 16.2 Å². The van der Waals surface area contributed by atoms with E-state index in [0.29, 0.717) is 19.5 Å². The van der Waals surface area contributed by atoms with Gasteiger partial charge in [-0.1, -0.05) is 6.92 Å². The molecule has 0 bridgehead atoms. The number of carboxylic acids is 1. The first kappa shape index (κ1) is 11.9. The highest BCUT2D eigenvalue weighted by molar-refractivity contribution is 5.78. The molecule has 0 radical (unpaired) electrons. The minimum Gasteiger partial charge on any atom is -0.481 e. The lowest BCUT2D eigenvalue weighted by Crippen LogP contribution is -2.33. The Kier molecular flexibility index (Phi) is 5.88. The van der Waals surface area contributed by atoms with Crippen LogP contribution in [0.5, 0.6) is 0 Å². The molecule has 0 saturated heterocycles. The molecule has 0 spiro atoms. The first-order chi connectivity index (χ1) is 6.07. The fraction of sp³-hybridized carbons (Fsp3) is 0.750. The third-order valence-corrected chi connectivity index (χ3v) is 1.67. The number of rotatable bonds is 6. The maximum absolute atomic E-state index is 11.1. The van der Waals surface area contributed by atoms with Crippen molar-refractivity contribution in [1.82, 2.24) is 5.32 Å². The maximum atomic E-state index is 11.1. The van der Waals surface area contributed by atoms with Crippen LogP contribution >= 0.6 is 0 Å². The molecule has 0 fully saturated rings. The molecule has 1 atom stereocenters. The lowest BCUT2D eigenvalue weighted by Gasteiger charge is -2.08. The van der Waals surface area contributed by atoms with Gasteiger partial charge in [-0.25, -0.2) is 0 Å². The summed E-state index contributed by atoms with van der Waals surface area (Å²) in [5, 5.41) is 10.9. The van der Waals surface area contributed by atoms with Gasteiger partial charge in [0, 0.05) is 25.4 Å². The van der Waals surface area contributed by atoms with Gasteiger partial charge in [0.15, 0.2) is 0 Å². The maximum Gasteiger partial charge on any atom is 0.303 e. The van der Waals surface area contributed by atoms with Crippen LogP contribution in [0.15, 0.2) is 0 Å². The molecular formula is C8H16N2O3. The van der Waals surface area contributed by atoms with E-state index in [9.17, 15) is 9.59 Å². The fourth-order valence-corrected chi connectivity index (χ4v) is 0.732. The predicted molar refractivity (Wildman–Crippen MR) is 48.1 cm³/mol. The number of carboxylic acid groups (broad SMARTS) is 1. The summed E-state index contributed by atoms with van der Waals surface area (Å²) >= 11 is 0. The summed E-state index contributed by atoms with van der Waals surface area (Å²) in [6.45, 7) is 2.44. The lowest BCUT2D eigenvalue weighted by atomic mass is 10.1. The Balaban J connectivity index is 3.42. The molecule has 76 valence electrons. The van der Waals surface area contributed by atoms with Crippen LogP contribution in [0.3, 0.4) is 0 Å². The molecule has 0 saturated carbocycles. The molecule has 1 amide bonds. The van der Waals surface area contributed by atoms with E-state index in [1.54, 1.807) is 6.92 Å². The van der Waals surface area contributed by atoms with Gasteiger partial charge in [0.1, 0.15) is 0 Å². The van der Waals surface area contributed by atoms with Gasteiger partial charge in [0.25, 0.3) is 0 Å². The summed E-state index contributed by atoms with van der Waals surface area (Å²) in [5.41, 5.74) is 5.27. The van der Waals surface area contributed by atoms with Gasteiger partial charge in [-0.05, 0) is 6.42 Å². The largest absolute Gasteiger partial charge is 0.481 e. The van der Waals surface area contributed by atoms with E-state index < -0.39 is 5.97 Å². The monoisotopic (exact) mass is 188 g/mol. The SMILES string of the molecule is CC(CN)C(=O)NCCCC(=O)O. The number of hydrogen-bond donors (Lipinski definition) is 3. The molecule has 0 aliphatic heterocycles. The van der Waals surface area contributed by atoms with Gasteiger partial charge in [0.2, 0.25) is 5.91 Å². The molecule has 0 aliphatic carbocycles. The van der Waals surface area contributed by atoms with E-state index in [1.165, 1.54) is 0 Å². The molecule has 0 aromatic heterocycles. The molecule has 0 rings (SSSR count). The van der Waals surface area contributed by atoms with Crippen molar-refractivity contribution < 1.29 is 14.7 Å². The van der Waals surface area contributed by atoms with Gasteiger partial charge in [0.05, 0.1) is 0 Å². The third kappa shape index (κ3) is 6.10. The molecule has 0 aliphatic rings. The van der Waals surface area contributed by atoms with Crippen LogP contribution < -0.4 is 11.1 Å². The van der Waals surface area contributed by atoms with Crippen molar-refractivity contribution in [2.75, 3.05) is 13.1 Å². The quantitative estimate of drug-likeness (QED) is 0.493. The summed E-state index contributed by atoms with van der Waals surface area (Å²) in [4.78, 5) is 21.2. The third-order valence-electron chi connectivity index (χ3n) is 1.67. The molecule has 1 unspecified atom stereocenters. The lowest BCUT2D eigenvalue weighted by molar-refractivity contribution is -0.137. The van der Waals surface area contributed by atoms with Crippen LogP contribution in [0.25, 0.3) is 0 Å². The molecule has 5 heteroatoms. The highest BCUT2D eigenvalue weighted by Gasteiger charge is 2.09. The summed E-state index contributed by atoms with van der Waals surface area (Å²) in [7, 11) is 0. The van der Waals surface area contributed by atoms with Gasteiger partial charge in [-0.2, -0.15) is 0 Å². The topological polar surface area (TPSA) is 92.4 Å². The van der Waals surface area contributed by atoms with Crippen LogP contribution in [-0.2, 0) is 9.59 Å².